The molecule has 0 saturated heterocycles. The van der Waals surface area contributed by atoms with Crippen LogP contribution >= 0.6 is 0 Å². The first-order chi connectivity index (χ1) is 6.09. The number of anilines is 1. The van der Waals surface area contributed by atoms with E-state index in [0.29, 0.717) is 0 Å². The number of hydrogen-bond donors (Lipinski definition) is 3. The Hall–Kier alpha value is -1.71. The maximum Gasteiger partial charge on any atom is 0.343 e. The van der Waals surface area contributed by atoms with Crippen molar-refractivity contribution in [2.45, 2.75) is 0 Å². The molecule has 0 aliphatic carbocycles. The van der Waals surface area contributed by atoms with Gasteiger partial charge in [-0.1, -0.05) is 0 Å². The number of guanidine groups is 1. The predicted octanol–water partition coefficient (Wildman–Crippen LogP) is -1.26. The van der Waals surface area contributed by atoms with Crippen molar-refractivity contribution < 1.29 is 4.99 Å². The van der Waals surface area contributed by atoms with Crippen molar-refractivity contribution in [2.75, 3.05) is 19.0 Å². The predicted molar refractivity (Wildman–Crippen MR) is 54.8 cm³/mol. The average molecular weight is 179 g/mol. The molecule has 13 heavy (non-hydrogen) atoms. The van der Waals surface area contributed by atoms with Gasteiger partial charge in [0.1, 0.15) is 0 Å². The van der Waals surface area contributed by atoms with Gasteiger partial charge in [-0.2, -0.15) is 0 Å². The molecule has 0 bridgehead atoms. The molecular formula is C9H15N4+. The van der Waals surface area contributed by atoms with E-state index in [4.69, 9.17) is 11.5 Å². The second-order valence-electron chi connectivity index (χ2n) is 3.02. The highest BCUT2D eigenvalue weighted by Crippen LogP contribution is 2.11. The molecule has 0 saturated carbocycles. The summed E-state index contributed by atoms with van der Waals surface area (Å²) in [7, 11) is 3.98. The molecule has 5 N–H and O–H groups in total. The largest absolute Gasteiger partial charge is 0.378 e. The molecule has 0 aliphatic heterocycles. The Balaban J connectivity index is 2.88. The van der Waals surface area contributed by atoms with E-state index < -0.39 is 0 Å². The van der Waals surface area contributed by atoms with Gasteiger partial charge in [0.2, 0.25) is 0 Å². The SMILES string of the molecule is CN(C)c1ccc([NH+]=C(N)N)cc1. The summed E-state index contributed by atoms with van der Waals surface area (Å²) < 4.78 is 0. The molecule has 1 aromatic rings. The van der Waals surface area contributed by atoms with E-state index in [1.807, 2.05) is 43.3 Å². The Bertz CT molecular complexity index is 296. The van der Waals surface area contributed by atoms with Crippen LogP contribution in [0.1, 0.15) is 0 Å². The van der Waals surface area contributed by atoms with Gasteiger partial charge in [0.25, 0.3) is 0 Å². The van der Waals surface area contributed by atoms with Gasteiger partial charge in [-0.05, 0) is 24.3 Å². The number of nitrogens with two attached hydrogens (primary N) is 2. The van der Waals surface area contributed by atoms with Crippen molar-refractivity contribution in [1.82, 2.24) is 0 Å². The minimum Gasteiger partial charge on any atom is -0.378 e. The Morgan fingerprint density at radius 1 is 1.15 bits per heavy atom. The third-order valence-electron chi connectivity index (χ3n) is 1.67. The van der Waals surface area contributed by atoms with E-state index in [1.54, 1.807) is 0 Å². The van der Waals surface area contributed by atoms with Gasteiger partial charge < -0.3 is 4.90 Å². The zero-order chi connectivity index (χ0) is 9.84. The van der Waals surface area contributed by atoms with Crippen LogP contribution in [0.5, 0.6) is 0 Å². The van der Waals surface area contributed by atoms with E-state index in [1.165, 1.54) is 0 Å². The van der Waals surface area contributed by atoms with Crippen LogP contribution in [0, 0.1) is 0 Å². The van der Waals surface area contributed by atoms with Crippen LogP contribution in [0.4, 0.5) is 11.4 Å². The highest BCUT2D eigenvalue weighted by molar-refractivity contribution is 5.70. The van der Waals surface area contributed by atoms with Crippen LogP contribution in [0.3, 0.4) is 0 Å². The van der Waals surface area contributed by atoms with Gasteiger partial charge in [0.15, 0.2) is 0 Å². The fraction of sp³-hybridized carbons (Fsp3) is 0.222. The number of nitrogens with zero attached hydrogens (tertiary/aromatic N) is 1. The Kier molecular flexibility index (Phi) is 2.74. The minimum atomic E-state index is 0.206. The van der Waals surface area contributed by atoms with Gasteiger partial charge in [-0.15, -0.1) is 0 Å². The summed E-state index contributed by atoms with van der Waals surface area (Å²) in [5.41, 5.74) is 12.6. The second kappa shape index (κ2) is 3.80. The van der Waals surface area contributed by atoms with Crippen molar-refractivity contribution in [2.24, 2.45) is 11.5 Å². The smallest absolute Gasteiger partial charge is 0.343 e. The van der Waals surface area contributed by atoms with E-state index in [-0.39, 0.29) is 5.96 Å². The van der Waals surface area contributed by atoms with Crippen LogP contribution in [0.15, 0.2) is 24.3 Å². The van der Waals surface area contributed by atoms with Crippen molar-refractivity contribution >= 4 is 17.3 Å². The summed E-state index contributed by atoms with van der Waals surface area (Å²) in [5.74, 6) is 0.206. The van der Waals surface area contributed by atoms with Crippen LogP contribution < -0.4 is 21.4 Å². The maximum atomic E-state index is 5.30. The van der Waals surface area contributed by atoms with Gasteiger partial charge >= 0.3 is 5.96 Å². The monoisotopic (exact) mass is 179 g/mol. The van der Waals surface area contributed by atoms with Crippen LogP contribution in [0.2, 0.25) is 0 Å². The molecule has 0 aromatic heterocycles. The Morgan fingerprint density at radius 2 is 1.69 bits per heavy atom. The molecule has 0 atom stereocenters. The standard InChI is InChI=1S/C9H14N4/c1-13(2)8-5-3-7(4-6-8)12-9(10)11/h3-6H,1-2H3,(H4,10,11,12)/p+1. The molecule has 0 spiro atoms. The van der Waals surface area contributed by atoms with Crippen molar-refractivity contribution in [3.63, 3.8) is 0 Å². The van der Waals surface area contributed by atoms with Gasteiger partial charge in [0, 0.05) is 19.8 Å². The topological polar surface area (TPSA) is 69.2 Å². The number of hydrogen-bond acceptors (Lipinski definition) is 1. The Morgan fingerprint density at radius 3 is 2.08 bits per heavy atom. The van der Waals surface area contributed by atoms with Gasteiger partial charge in [0.05, 0.1) is 5.69 Å². The van der Waals surface area contributed by atoms with Crippen molar-refractivity contribution in [3.8, 4) is 0 Å². The van der Waals surface area contributed by atoms with E-state index in [9.17, 15) is 0 Å². The zero-order valence-corrected chi connectivity index (χ0v) is 7.91. The molecule has 1 rings (SSSR count). The first-order valence-corrected chi connectivity index (χ1v) is 4.02. The summed E-state index contributed by atoms with van der Waals surface area (Å²) in [6.07, 6.45) is 0. The molecule has 0 unspecified atom stereocenters. The molecule has 4 heteroatoms. The maximum absolute atomic E-state index is 5.30. The van der Waals surface area contributed by atoms with E-state index in [2.05, 4.69) is 4.99 Å². The molecule has 1 aromatic carbocycles. The average Bonchev–Trinajstić information content (AvgIpc) is 2.04. The lowest BCUT2D eigenvalue weighted by molar-refractivity contribution is -0.356. The zero-order valence-electron chi connectivity index (χ0n) is 7.91. The summed E-state index contributed by atoms with van der Waals surface area (Å²) >= 11 is 0. The number of nitrogens with one attached hydrogen (secondary N) is 1. The third kappa shape index (κ3) is 2.66. The number of rotatable bonds is 2. The molecule has 0 radical (unpaired) electrons. The number of benzene rings is 1. The fourth-order valence-corrected chi connectivity index (χ4v) is 1.01. The van der Waals surface area contributed by atoms with E-state index in [0.717, 1.165) is 11.4 Å². The summed E-state index contributed by atoms with van der Waals surface area (Å²) in [4.78, 5) is 4.85. The van der Waals surface area contributed by atoms with Crippen LogP contribution in [-0.2, 0) is 0 Å². The normalized spacial score (nSPS) is 9.38. The van der Waals surface area contributed by atoms with Gasteiger partial charge in [-0.25, -0.2) is 4.99 Å². The highest BCUT2D eigenvalue weighted by atomic mass is 15.1. The summed E-state index contributed by atoms with van der Waals surface area (Å²) in [6, 6.07) is 7.83. The molecule has 70 valence electrons. The molecule has 0 amide bonds. The summed E-state index contributed by atoms with van der Waals surface area (Å²) in [5, 5.41) is 0. The molecule has 0 heterocycles. The third-order valence-corrected chi connectivity index (χ3v) is 1.67. The molecule has 0 aliphatic rings. The summed E-state index contributed by atoms with van der Waals surface area (Å²) in [6.45, 7) is 0. The lowest BCUT2D eigenvalue weighted by Gasteiger charge is -2.11. The lowest BCUT2D eigenvalue weighted by atomic mass is 10.3. The first-order valence-electron chi connectivity index (χ1n) is 4.02. The highest BCUT2D eigenvalue weighted by Gasteiger charge is 1.95. The quantitative estimate of drug-likeness (QED) is 0.392. The van der Waals surface area contributed by atoms with Crippen LogP contribution in [0.25, 0.3) is 0 Å². The minimum absolute atomic E-state index is 0.206. The van der Waals surface area contributed by atoms with Crippen molar-refractivity contribution in [1.29, 1.82) is 0 Å². The molecule has 4 nitrogen and oxygen atoms in total. The van der Waals surface area contributed by atoms with Crippen molar-refractivity contribution in [3.05, 3.63) is 24.3 Å². The second-order valence-corrected chi connectivity index (χ2v) is 3.02. The molecular weight excluding hydrogens is 164 g/mol. The van der Waals surface area contributed by atoms with E-state index >= 15 is 0 Å². The lowest BCUT2D eigenvalue weighted by Crippen LogP contribution is -2.72. The molecule has 0 fully saturated rings. The Labute approximate surface area is 77.9 Å². The van der Waals surface area contributed by atoms with Gasteiger partial charge in [-0.3, -0.25) is 11.5 Å². The van der Waals surface area contributed by atoms with Crippen LogP contribution in [-0.4, -0.2) is 20.1 Å². The first kappa shape index (κ1) is 9.38. The fourth-order valence-electron chi connectivity index (χ4n) is 1.01.